The highest BCUT2D eigenvalue weighted by molar-refractivity contribution is 5.12. The maximum absolute atomic E-state index is 14.3. The van der Waals surface area contributed by atoms with E-state index in [0.29, 0.717) is 6.42 Å². The minimum atomic E-state index is -0.794. The van der Waals surface area contributed by atoms with Crippen molar-refractivity contribution in [3.05, 3.63) is 17.5 Å². The summed E-state index contributed by atoms with van der Waals surface area (Å²) in [5, 5.41) is 7.77. The van der Waals surface area contributed by atoms with Gasteiger partial charge in [0, 0.05) is 24.7 Å². The number of rotatable bonds is 5. The Labute approximate surface area is 109 Å². The van der Waals surface area contributed by atoms with Crippen molar-refractivity contribution in [3.8, 4) is 0 Å². The first-order valence-corrected chi connectivity index (χ1v) is 7.17. The van der Waals surface area contributed by atoms with Crippen LogP contribution in [0.1, 0.15) is 44.5 Å². The number of hydrogen-bond acceptors (Lipinski definition) is 2. The van der Waals surface area contributed by atoms with E-state index in [4.69, 9.17) is 0 Å². The molecule has 0 bridgehead atoms. The first-order valence-electron chi connectivity index (χ1n) is 7.17. The first-order chi connectivity index (χ1) is 8.74. The number of nitrogens with one attached hydrogen (secondary N) is 1. The molecule has 0 spiro atoms. The monoisotopic (exact) mass is 253 g/mol. The lowest BCUT2D eigenvalue weighted by Gasteiger charge is -2.26. The molecule has 1 aliphatic heterocycles. The lowest BCUT2D eigenvalue weighted by molar-refractivity contribution is 0.214. The number of aryl methyl sites for hydroxylation is 2. The molecule has 0 aliphatic carbocycles. The Morgan fingerprint density at radius 1 is 1.50 bits per heavy atom. The minimum Gasteiger partial charge on any atom is -0.311 e. The number of halogens is 1. The van der Waals surface area contributed by atoms with Gasteiger partial charge in [0.05, 0.1) is 5.69 Å². The van der Waals surface area contributed by atoms with Gasteiger partial charge in [-0.15, -0.1) is 0 Å². The lowest BCUT2D eigenvalue weighted by atomic mass is 9.98. The summed E-state index contributed by atoms with van der Waals surface area (Å²) in [5.41, 5.74) is 2.10. The number of piperidine rings is 1. The molecule has 102 valence electrons. The van der Waals surface area contributed by atoms with Crippen LogP contribution < -0.4 is 5.32 Å². The molecule has 0 aromatic carbocycles. The van der Waals surface area contributed by atoms with Gasteiger partial charge in [-0.25, -0.2) is 4.39 Å². The second-order valence-corrected chi connectivity index (χ2v) is 5.07. The van der Waals surface area contributed by atoms with Crippen LogP contribution in [0.5, 0.6) is 0 Å². The molecule has 1 aliphatic rings. The van der Waals surface area contributed by atoms with E-state index in [9.17, 15) is 4.39 Å². The van der Waals surface area contributed by atoms with Gasteiger partial charge in [0.15, 0.2) is 0 Å². The SMILES string of the molecule is CCc1cc(CC(F)C2CCCCN2)n(CC)n1. The van der Waals surface area contributed by atoms with E-state index in [1.807, 2.05) is 4.68 Å². The molecule has 0 radical (unpaired) electrons. The first kappa shape index (κ1) is 13.5. The average molecular weight is 253 g/mol. The number of alkyl halides is 1. The van der Waals surface area contributed by atoms with E-state index in [1.54, 1.807) is 0 Å². The van der Waals surface area contributed by atoms with E-state index in [-0.39, 0.29) is 6.04 Å². The molecule has 2 rings (SSSR count). The van der Waals surface area contributed by atoms with Crippen LogP contribution in [-0.2, 0) is 19.4 Å². The molecule has 0 saturated carbocycles. The lowest BCUT2D eigenvalue weighted by Crippen LogP contribution is -2.42. The zero-order valence-corrected chi connectivity index (χ0v) is 11.5. The maximum Gasteiger partial charge on any atom is 0.121 e. The van der Waals surface area contributed by atoms with Gasteiger partial charge in [0.1, 0.15) is 6.17 Å². The van der Waals surface area contributed by atoms with Crippen molar-refractivity contribution in [1.29, 1.82) is 0 Å². The Balaban J connectivity index is 2.00. The van der Waals surface area contributed by atoms with Crippen molar-refractivity contribution in [1.82, 2.24) is 15.1 Å². The molecule has 1 aromatic heterocycles. The van der Waals surface area contributed by atoms with Crippen LogP contribution in [0, 0.1) is 0 Å². The second kappa shape index (κ2) is 6.32. The third-order valence-corrected chi connectivity index (χ3v) is 3.76. The van der Waals surface area contributed by atoms with E-state index in [1.165, 1.54) is 6.42 Å². The fraction of sp³-hybridized carbons (Fsp3) is 0.786. The Morgan fingerprint density at radius 2 is 2.33 bits per heavy atom. The van der Waals surface area contributed by atoms with Gasteiger partial charge in [-0.2, -0.15) is 5.10 Å². The van der Waals surface area contributed by atoms with E-state index < -0.39 is 6.17 Å². The van der Waals surface area contributed by atoms with Gasteiger partial charge in [-0.3, -0.25) is 4.68 Å². The van der Waals surface area contributed by atoms with Gasteiger partial charge in [-0.1, -0.05) is 13.3 Å². The van der Waals surface area contributed by atoms with E-state index in [0.717, 1.165) is 43.7 Å². The summed E-state index contributed by atoms with van der Waals surface area (Å²) in [6.07, 6.45) is 3.89. The van der Waals surface area contributed by atoms with E-state index in [2.05, 4.69) is 30.3 Å². The minimum absolute atomic E-state index is 0.0315. The maximum atomic E-state index is 14.3. The van der Waals surface area contributed by atoms with Gasteiger partial charge in [0.2, 0.25) is 0 Å². The third kappa shape index (κ3) is 3.10. The molecule has 1 fully saturated rings. The van der Waals surface area contributed by atoms with Crippen LogP contribution in [0.2, 0.25) is 0 Å². The number of aromatic nitrogens is 2. The Hall–Kier alpha value is -0.900. The molecule has 2 heterocycles. The predicted molar refractivity (Wildman–Crippen MR) is 71.5 cm³/mol. The molecule has 1 saturated heterocycles. The van der Waals surface area contributed by atoms with Crippen molar-refractivity contribution in [2.75, 3.05) is 6.54 Å². The summed E-state index contributed by atoms with van der Waals surface area (Å²) < 4.78 is 16.2. The number of hydrogen-bond donors (Lipinski definition) is 1. The Morgan fingerprint density at radius 3 is 2.94 bits per heavy atom. The normalized spacial score (nSPS) is 22.1. The molecular weight excluding hydrogens is 229 g/mol. The average Bonchev–Trinajstić information content (AvgIpc) is 2.82. The quantitative estimate of drug-likeness (QED) is 0.873. The molecule has 1 aromatic rings. The number of nitrogens with zero attached hydrogens (tertiary/aromatic N) is 2. The predicted octanol–water partition coefficient (Wildman–Crippen LogP) is 2.49. The highest BCUT2D eigenvalue weighted by Gasteiger charge is 2.24. The van der Waals surface area contributed by atoms with Gasteiger partial charge in [-0.05, 0) is 38.8 Å². The van der Waals surface area contributed by atoms with E-state index >= 15 is 0 Å². The molecule has 18 heavy (non-hydrogen) atoms. The van der Waals surface area contributed by atoms with Crippen LogP contribution >= 0.6 is 0 Å². The fourth-order valence-corrected chi connectivity index (χ4v) is 2.66. The molecule has 3 nitrogen and oxygen atoms in total. The van der Waals surface area contributed by atoms with Crippen LogP contribution in [0.25, 0.3) is 0 Å². The highest BCUT2D eigenvalue weighted by Crippen LogP contribution is 2.17. The summed E-state index contributed by atoms with van der Waals surface area (Å²) in [6.45, 7) is 5.92. The summed E-state index contributed by atoms with van der Waals surface area (Å²) >= 11 is 0. The van der Waals surface area contributed by atoms with Gasteiger partial charge < -0.3 is 5.32 Å². The highest BCUT2D eigenvalue weighted by atomic mass is 19.1. The van der Waals surface area contributed by atoms with Crippen molar-refractivity contribution < 1.29 is 4.39 Å². The summed E-state index contributed by atoms with van der Waals surface area (Å²) in [6, 6.07) is 2.09. The van der Waals surface area contributed by atoms with Crippen LogP contribution in [0.3, 0.4) is 0 Å². The standard InChI is InChI=1S/C14H24FN3/c1-3-11-9-12(18(4-2)17-11)10-13(15)14-7-5-6-8-16-14/h9,13-14,16H,3-8,10H2,1-2H3. The summed E-state index contributed by atoms with van der Waals surface area (Å²) in [5.74, 6) is 0. The molecule has 2 unspecified atom stereocenters. The molecule has 1 N–H and O–H groups in total. The second-order valence-electron chi connectivity index (χ2n) is 5.07. The molecule has 4 heteroatoms. The Kier molecular flexibility index (Phi) is 4.75. The van der Waals surface area contributed by atoms with Crippen LogP contribution in [-0.4, -0.2) is 28.5 Å². The fourth-order valence-electron chi connectivity index (χ4n) is 2.66. The molecular formula is C14H24FN3. The van der Waals surface area contributed by atoms with Crippen molar-refractivity contribution in [2.24, 2.45) is 0 Å². The summed E-state index contributed by atoms with van der Waals surface area (Å²) in [7, 11) is 0. The zero-order valence-electron chi connectivity index (χ0n) is 11.5. The van der Waals surface area contributed by atoms with Gasteiger partial charge >= 0.3 is 0 Å². The van der Waals surface area contributed by atoms with Crippen molar-refractivity contribution in [2.45, 2.75) is 64.7 Å². The van der Waals surface area contributed by atoms with Crippen molar-refractivity contribution in [3.63, 3.8) is 0 Å². The van der Waals surface area contributed by atoms with Crippen LogP contribution in [0.15, 0.2) is 6.07 Å². The van der Waals surface area contributed by atoms with Gasteiger partial charge in [0.25, 0.3) is 0 Å². The molecule has 0 amide bonds. The zero-order chi connectivity index (χ0) is 13.0. The third-order valence-electron chi connectivity index (χ3n) is 3.76. The summed E-state index contributed by atoms with van der Waals surface area (Å²) in [4.78, 5) is 0. The molecule has 2 atom stereocenters. The largest absolute Gasteiger partial charge is 0.311 e. The van der Waals surface area contributed by atoms with Crippen molar-refractivity contribution >= 4 is 0 Å². The van der Waals surface area contributed by atoms with Crippen LogP contribution in [0.4, 0.5) is 4.39 Å². The Bertz CT molecular complexity index is 369. The smallest absolute Gasteiger partial charge is 0.121 e. The topological polar surface area (TPSA) is 29.9 Å².